The highest BCUT2D eigenvalue weighted by Crippen LogP contribution is 2.27. The van der Waals surface area contributed by atoms with Crippen molar-refractivity contribution < 1.29 is 4.79 Å². The first-order chi connectivity index (χ1) is 12.8. The molecule has 5 nitrogen and oxygen atoms in total. The Bertz CT molecular complexity index is 737. The number of likely N-dealkylation sites (tertiary alicyclic amines) is 2. The molecule has 0 saturated carbocycles. The van der Waals surface area contributed by atoms with E-state index in [9.17, 15) is 4.79 Å². The van der Waals surface area contributed by atoms with E-state index < -0.39 is 0 Å². The normalized spacial score (nSPS) is 19.9. The second-order valence-corrected chi connectivity index (χ2v) is 8.07. The Kier molecular flexibility index (Phi) is 7.10. The first kappa shape index (κ1) is 20.1. The average Bonchev–Trinajstić information content (AvgIpc) is 3.35. The van der Waals surface area contributed by atoms with Gasteiger partial charge in [0.25, 0.3) is 5.91 Å². The topological polar surface area (TPSA) is 49.3 Å². The van der Waals surface area contributed by atoms with Crippen LogP contribution in [0.1, 0.15) is 36.0 Å². The monoisotopic (exact) mass is 404 g/mol. The van der Waals surface area contributed by atoms with Gasteiger partial charge in [0, 0.05) is 35.8 Å². The maximum Gasteiger partial charge on any atom is 0.254 e. The van der Waals surface area contributed by atoms with Crippen LogP contribution in [0.25, 0.3) is 0 Å². The Balaban J connectivity index is 0.00000210. The molecule has 1 atom stereocenters. The summed E-state index contributed by atoms with van der Waals surface area (Å²) in [6.45, 7) is 4.29. The molecule has 2 fully saturated rings. The van der Waals surface area contributed by atoms with E-state index in [1.807, 2.05) is 30.3 Å². The van der Waals surface area contributed by atoms with Gasteiger partial charge < -0.3 is 9.80 Å². The van der Waals surface area contributed by atoms with Crippen molar-refractivity contribution in [1.29, 1.82) is 0 Å². The van der Waals surface area contributed by atoms with Crippen LogP contribution in [-0.4, -0.2) is 57.9 Å². The number of carbonyl (C=O) groups excluding carboxylic acids is 1. The molecule has 1 aromatic carbocycles. The zero-order valence-electron chi connectivity index (χ0n) is 15.3. The minimum Gasteiger partial charge on any atom is -0.334 e. The van der Waals surface area contributed by atoms with E-state index in [4.69, 9.17) is 0 Å². The quantitative estimate of drug-likeness (QED) is 0.710. The summed E-state index contributed by atoms with van der Waals surface area (Å²) in [4.78, 5) is 26.8. The number of rotatable bonds is 5. The highest BCUT2D eigenvalue weighted by molar-refractivity contribution is 7.99. The molecule has 0 spiro atoms. The van der Waals surface area contributed by atoms with Crippen LogP contribution in [0.2, 0.25) is 0 Å². The van der Waals surface area contributed by atoms with E-state index in [1.165, 1.54) is 25.9 Å². The van der Waals surface area contributed by atoms with Crippen LogP contribution < -0.4 is 0 Å². The van der Waals surface area contributed by atoms with Gasteiger partial charge in [-0.2, -0.15) is 0 Å². The maximum absolute atomic E-state index is 13.0. The van der Waals surface area contributed by atoms with Crippen LogP contribution in [0.4, 0.5) is 0 Å². The molecular formula is C20H25ClN4OS. The first-order valence-corrected chi connectivity index (χ1v) is 10.2. The Morgan fingerprint density at radius 1 is 1.07 bits per heavy atom. The van der Waals surface area contributed by atoms with Gasteiger partial charge in [-0.1, -0.05) is 11.8 Å². The van der Waals surface area contributed by atoms with Gasteiger partial charge in [0.1, 0.15) is 11.4 Å². The van der Waals surface area contributed by atoms with E-state index in [0.717, 1.165) is 41.4 Å². The van der Waals surface area contributed by atoms with Gasteiger partial charge >= 0.3 is 0 Å². The highest BCUT2D eigenvalue weighted by atomic mass is 35.5. The van der Waals surface area contributed by atoms with Crippen molar-refractivity contribution in [1.82, 2.24) is 19.8 Å². The minimum absolute atomic E-state index is 0. The number of carbonyl (C=O) groups is 1. The lowest BCUT2D eigenvalue weighted by molar-refractivity contribution is 0.0708. The molecule has 0 aliphatic carbocycles. The molecular weight excluding hydrogens is 380 g/mol. The third-order valence-corrected chi connectivity index (χ3v) is 6.14. The molecule has 144 valence electrons. The summed E-state index contributed by atoms with van der Waals surface area (Å²) in [5.74, 6) is 0.172. The van der Waals surface area contributed by atoms with E-state index in [1.54, 1.807) is 24.3 Å². The van der Waals surface area contributed by atoms with Gasteiger partial charge in [-0.3, -0.25) is 4.79 Å². The number of benzene rings is 1. The van der Waals surface area contributed by atoms with Crippen LogP contribution in [0.15, 0.2) is 52.8 Å². The molecule has 2 aliphatic heterocycles. The van der Waals surface area contributed by atoms with Gasteiger partial charge in [-0.15, -0.1) is 12.4 Å². The summed E-state index contributed by atoms with van der Waals surface area (Å²) in [7, 11) is 0. The highest BCUT2D eigenvalue weighted by Gasteiger charge is 2.31. The lowest BCUT2D eigenvalue weighted by atomic mass is 10.1. The van der Waals surface area contributed by atoms with Crippen LogP contribution in [-0.2, 0) is 0 Å². The number of amides is 1. The van der Waals surface area contributed by atoms with Gasteiger partial charge in [-0.05, 0) is 69.1 Å². The van der Waals surface area contributed by atoms with Gasteiger partial charge in [0.15, 0.2) is 0 Å². The molecule has 7 heteroatoms. The van der Waals surface area contributed by atoms with E-state index in [-0.39, 0.29) is 18.3 Å². The van der Waals surface area contributed by atoms with Crippen molar-refractivity contribution in [2.45, 2.75) is 41.6 Å². The SMILES string of the molecule is Cl.O=C(c1ccc(Sc2ccncn2)cc1)N1CCC[C@H]1CN1CCCC1. The Labute approximate surface area is 171 Å². The number of halogens is 1. The fourth-order valence-corrected chi connectivity index (χ4v) is 4.59. The molecule has 27 heavy (non-hydrogen) atoms. The first-order valence-electron chi connectivity index (χ1n) is 9.37. The van der Waals surface area contributed by atoms with Gasteiger partial charge in [0.2, 0.25) is 0 Å². The summed E-state index contributed by atoms with van der Waals surface area (Å²) >= 11 is 1.58. The molecule has 2 saturated heterocycles. The van der Waals surface area contributed by atoms with Crippen molar-refractivity contribution in [3.05, 3.63) is 48.4 Å². The van der Waals surface area contributed by atoms with Crippen molar-refractivity contribution in [2.24, 2.45) is 0 Å². The maximum atomic E-state index is 13.0. The molecule has 1 aromatic heterocycles. The van der Waals surface area contributed by atoms with E-state index in [0.29, 0.717) is 6.04 Å². The van der Waals surface area contributed by atoms with Crippen molar-refractivity contribution in [3.8, 4) is 0 Å². The van der Waals surface area contributed by atoms with Crippen molar-refractivity contribution >= 4 is 30.1 Å². The summed E-state index contributed by atoms with van der Waals surface area (Å²) in [6.07, 6.45) is 8.13. The van der Waals surface area contributed by atoms with E-state index in [2.05, 4.69) is 19.8 Å². The lowest BCUT2D eigenvalue weighted by Gasteiger charge is -2.28. The Morgan fingerprint density at radius 3 is 2.56 bits per heavy atom. The molecule has 0 N–H and O–H groups in total. The van der Waals surface area contributed by atoms with E-state index >= 15 is 0 Å². The smallest absolute Gasteiger partial charge is 0.254 e. The number of hydrogen-bond donors (Lipinski definition) is 0. The second-order valence-electron chi connectivity index (χ2n) is 6.98. The fourth-order valence-electron chi connectivity index (χ4n) is 3.85. The van der Waals surface area contributed by atoms with Crippen LogP contribution in [0.5, 0.6) is 0 Å². The van der Waals surface area contributed by atoms with Gasteiger partial charge in [-0.25, -0.2) is 9.97 Å². The zero-order chi connectivity index (χ0) is 17.8. The van der Waals surface area contributed by atoms with Gasteiger partial charge in [0.05, 0.1) is 0 Å². The molecule has 1 amide bonds. The predicted octanol–water partition coefficient (Wildman–Crippen LogP) is 3.75. The largest absolute Gasteiger partial charge is 0.334 e. The molecule has 0 unspecified atom stereocenters. The van der Waals surface area contributed by atoms with Crippen LogP contribution in [0, 0.1) is 0 Å². The van der Waals surface area contributed by atoms with Crippen LogP contribution in [0.3, 0.4) is 0 Å². The second kappa shape index (κ2) is 9.53. The molecule has 3 heterocycles. The Morgan fingerprint density at radius 2 is 1.85 bits per heavy atom. The summed E-state index contributed by atoms with van der Waals surface area (Å²) in [6, 6.07) is 10.2. The average molecular weight is 405 g/mol. The third kappa shape index (κ3) is 5.00. The Hall–Kier alpha value is -1.63. The number of hydrogen-bond acceptors (Lipinski definition) is 5. The zero-order valence-corrected chi connectivity index (χ0v) is 16.9. The third-order valence-electron chi connectivity index (χ3n) is 5.18. The summed E-state index contributed by atoms with van der Waals surface area (Å²) < 4.78 is 0. The molecule has 0 radical (unpaired) electrons. The lowest BCUT2D eigenvalue weighted by Crippen LogP contribution is -2.42. The van der Waals surface area contributed by atoms with Crippen LogP contribution >= 0.6 is 24.2 Å². The standard InChI is InChI=1S/C20H24N4OS.ClH/c25-20(24-13-3-4-17(24)14-23-11-1-2-12-23)16-5-7-18(8-6-16)26-19-9-10-21-15-22-19;/h5-10,15,17H,1-4,11-14H2;1H/t17-;/m0./s1. The predicted molar refractivity (Wildman–Crippen MR) is 110 cm³/mol. The molecule has 0 bridgehead atoms. The fraction of sp³-hybridized carbons (Fsp3) is 0.450. The summed E-state index contributed by atoms with van der Waals surface area (Å²) in [5, 5.41) is 0.907. The molecule has 4 rings (SSSR count). The van der Waals surface area contributed by atoms with Crippen molar-refractivity contribution in [2.75, 3.05) is 26.2 Å². The van der Waals surface area contributed by atoms with Crippen molar-refractivity contribution in [3.63, 3.8) is 0 Å². The number of aromatic nitrogens is 2. The molecule has 2 aliphatic rings. The summed E-state index contributed by atoms with van der Waals surface area (Å²) in [5.41, 5.74) is 0.783. The minimum atomic E-state index is 0. The molecule has 2 aromatic rings. The number of nitrogens with zero attached hydrogens (tertiary/aromatic N) is 4.